The van der Waals surface area contributed by atoms with Crippen LogP contribution in [0.15, 0.2) is 0 Å². The maximum absolute atomic E-state index is 12.0. The summed E-state index contributed by atoms with van der Waals surface area (Å²) in [5.74, 6) is -2.26. The highest BCUT2D eigenvalue weighted by Gasteiger charge is 2.35. The number of rotatable bonds is 8. The summed E-state index contributed by atoms with van der Waals surface area (Å²) in [6, 6.07) is -1.10. The van der Waals surface area contributed by atoms with Crippen LogP contribution < -0.4 is 5.32 Å². The van der Waals surface area contributed by atoms with E-state index >= 15 is 0 Å². The van der Waals surface area contributed by atoms with Gasteiger partial charge in [0.1, 0.15) is 0 Å². The van der Waals surface area contributed by atoms with Crippen LogP contribution in [0.1, 0.15) is 6.42 Å². The van der Waals surface area contributed by atoms with Gasteiger partial charge in [-0.3, -0.25) is 9.59 Å². The molecule has 1 heterocycles. The smallest absolute Gasteiger partial charge is 0.328 e. The van der Waals surface area contributed by atoms with Crippen molar-refractivity contribution >= 4 is 17.8 Å². The Morgan fingerprint density at radius 1 is 1.45 bits per heavy atom. The van der Waals surface area contributed by atoms with Crippen molar-refractivity contribution in [2.24, 2.45) is 5.92 Å². The summed E-state index contributed by atoms with van der Waals surface area (Å²) in [7, 11) is 2.89. The summed E-state index contributed by atoms with van der Waals surface area (Å²) in [6.07, 6.45) is 0.0921. The number of methoxy groups -OCH3 is 2. The molecule has 8 nitrogen and oxygen atoms in total. The second-order valence-corrected chi connectivity index (χ2v) is 4.59. The van der Waals surface area contributed by atoms with Crippen LogP contribution in [0.3, 0.4) is 0 Å². The van der Waals surface area contributed by atoms with Crippen molar-refractivity contribution in [2.75, 3.05) is 40.5 Å². The van der Waals surface area contributed by atoms with Gasteiger partial charge in [-0.1, -0.05) is 0 Å². The zero-order valence-corrected chi connectivity index (χ0v) is 11.6. The molecule has 2 amide bonds. The molecule has 0 saturated carbocycles. The van der Waals surface area contributed by atoms with Gasteiger partial charge in [-0.2, -0.15) is 0 Å². The minimum atomic E-state index is -1.17. The molecule has 0 radical (unpaired) electrons. The Labute approximate surface area is 117 Å². The quantitative estimate of drug-likeness (QED) is 0.575. The number of aliphatic carboxylic acids is 1. The lowest BCUT2D eigenvalue weighted by molar-refractivity contribution is -0.143. The predicted octanol–water partition coefficient (Wildman–Crippen LogP) is -1.30. The second-order valence-electron chi connectivity index (χ2n) is 4.59. The van der Waals surface area contributed by atoms with E-state index < -0.39 is 23.8 Å². The number of hydrogen-bond acceptors (Lipinski definition) is 5. The maximum Gasteiger partial charge on any atom is 0.328 e. The first-order valence-corrected chi connectivity index (χ1v) is 6.28. The van der Waals surface area contributed by atoms with Gasteiger partial charge < -0.3 is 24.8 Å². The summed E-state index contributed by atoms with van der Waals surface area (Å²) in [4.78, 5) is 36.1. The highest BCUT2D eigenvalue weighted by Crippen LogP contribution is 2.17. The van der Waals surface area contributed by atoms with E-state index in [4.69, 9.17) is 14.6 Å². The van der Waals surface area contributed by atoms with Gasteiger partial charge in [0.25, 0.3) is 0 Å². The van der Waals surface area contributed by atoms with Crippen LogP contribution >= 0.6 is 0 Å². The molecule has 0 aromatic heterocycles. The first kappa shape index (κ1) is 16.4. The van der Waals surface area contributed by atoms with E-state index in [2.05, 4.69) is 5.32 Å². The Morgan fingerprint density at radius 3 is 2.70 bits per heavy atom. The molecule has 20 heavy (non-hydrogen) atoms. The van der Waals surface area contributed by atoms with Crippen LogP contribution in [0.2, 0.25) is 0 Å². The molecule has 0 spiro atoms. The number of likely N-dealkylation sites (tertiary alicyclic amines) is 1. The SMILES string of the molecule is COCCN1CC(C(=O)NC(COC)C(=O)O)CC1=O. The zero-order valence-electron chi connectivity index (χ0n) is 11.6. The van der Waals surface area contributed by atoms with E-state index in [-0.39, 0.29) is 25.5 Å². The molecule has 0 aromatic carbocycles. The molecule has 114 valence electrons. The summed E-state index contributed by atoms with van der Waals surface area (Å²) in [6.45, 7) is 1.00. The van der Waals surface area contributed by atoms with Gasteiger partial charge in [0.2, 0.25) is 11.8 Å². The lowest BCUT2D eigenvalue weighted by Gasteiger charge is -2.18. The van der Waals surface area contributed by atoms with Crippen molar-refractivity contribution in [3.05, 3.63) is 0 Å². The topological polar surface area (TPSA) is 105 Å². The van der Waals surface area contributed by atoms with Crippen LogP contribution in [0.4, 0.5) is 0 Å². The Bertz CT molecular complexity index is 373. The van der Waals surface area contributed by atoms with E-state index in [1.807, 2.05) is 0 Å². The fourth-order valence-electron chi connectivity index (χ4n) is 2.00. The van der Waals surface area contributed by atoms with Gasteiger partial charge in [0.15, 0.2) is 6.04 Å². The van der Waals surface area contributed by atoms with E-state index in [9.17, 15) is 14.4 Å². The average Bonchev–Trinajstić information content (AvgIpc) is 2.77. The lowest BCUT2D eigenvalue weighted by Crippen LogP contribution is -2.46. The minimum absolute atomic E-state index is 0.0921. The van der Waals surface area contributed by atoms with Gasteiger partial charge in [0.05, 0.1) is 19.1 Å². The molecular formula is C12H20N2O6. The number of hydrogen-bond donors (Lipinski definition) is 2. The number of carboxylic acid groups (broad SMARTS) is 1. The standard InChI is InChI=1S/C12H20N2O6/c1-19-4-3-14-6-8(5-10(14)15)11(16)13-9(7-20-2)12(17)18/h8-9H,3-7H2,1-2H3,(H,13,16)(H,17,18). The number of nitrogens with one attached hydrogen (secondary N) is 1. The maximum atomic E-state index is 12.0. The molecule has 1 fully saturated rings. The molecule has 0 aliphatic carbocycles. The molecule has 8 heteroatoms. The lowest BCUT2D eigenvalue weighted by atomic mass is 10.1. The third kappa shape index (κ3) is 4.46. The first-order chi connectivity index (χ1) is 9.49. The number of ether oxygens (including phenoxy) is 2. The Balaban J connectivity index is 2.52. The Kier molecular flexibility index (Phi) is 6.40. The molecule has 1 aliphatic heterocycles. The fraction of sp³-hybridized carbons (Fsp3) is 0.750. The van der Waals surface area contributed by atoms with Crippen molar-refractivity contribution in [1.29, 1.82) is 0 Å². The summed E-state index contributed by atoms with van der Waals surface area (Å²) < 4.78 is 9.62. The summed E-state index contributed by atoms with van der Waals surface area (Å²) >= 11 is 0. The molecule has 1 aliphatic rings. The number of carbonyl (C=O) groups is 3. The molecule has 1 saturated heterocycles. The highest BCUT2D eigenvalue weighted by molar-refractivity contribution is 5.91. The van der Waals surface area contributed by atoms with Crippen molar-refractivity contribution < 1.29 is 29.0 Å². The van der Waals surface area contributed by atoms with Gasteiger partial charge in [-0.15, -0.1) is 0 Å². The number of nitrogens with zero attached hydrogens (tertiary/aromatic N) is 1. The van der Waals surface area contributed by atoms with Crippen molar-refractivity contribution in [3.8, 4) is 0 Å². The average molecular weight is 288 g/mol. The van der Waals surface area contributed by atoms with E-state index in [0.29, 0.717) is 13.2 Å². The van der Waals surface area contributed by atoms with Gasteiger partial charge in [-0.05, 0) is 0 Å². The van der Waals surface area contributed by atoms with Crippen molar-refractivity contribution in [1.82, 2.24) is 10.2 Å². The van der Waals surface area contributed by atoms with Crippen LogP contribution in [0, 0.1) is 5.92 Å². The third-order valence-electron chi connectivity index (χ3n) is 3.10. The summed E-state index contributed by atoms with van der Waals surface area (Å²) in [5, 5.41) is 11.3. The molecule has 2 N–H and O–H groups in total. The third-order valence-corrected chi connectivity index (χ3v) is 3.10. The number of carbonyl (C=O) groups excluding carboxylic acids is 2. The zero-order chi connectivity index (χ0) is 15.1. The molecule has 2 atom stereocenters. The monoisotopic (exact) mass is 288 g/mol. The predicted molar refractivity (Wildman–Crippen MR) is 68.0 cm³/mol. The van der Waals surface area contributed by atoms with Gasteiger partial charge in [-0.25, -0.2) is 4.79 Å². The normalized spacial score (nSPS) is 20.0. The second kappa shape index (κ2) is 7.81. The van der Waals surface area contributed by atoms with Crippen LogP contribution in [-0.4, -0.2) is 74.4 Å². The minimum Gasteiger partial charge on any atom is -0.480 e. The molecule has 1 rings (SSSR count). The van der Waals surface area contributed by atoms with E-state index in [1.165, 1.54) is 14.2 Å². The van der Waals surface area contributed by atoms with E-state index in [0.717, 1.165) is 0 Å². The molecule has 2 unspecified atom stereocenters. The van der Waals surface area contributed by atoms with Crippen LogP contribution in [0.25, 0.3) is 0 Å². The van der Waals surface area contributed by atoms with Crippen LogP contribution in [0.5, 0.6) is 0 Å². The number of carboxylic acids is 1. The molecular weight excluding hydrogens is 268 g/mol. The summed E-state index contributed by atoms with van der Waals surface area (Å²) in [5.41, 5.74) is 0. The van der Waals surface area contributed by atoms with Crippen molar-refractivity contribution in [3.63, 3.8) is 0 Å². The highest BCUT2D eigenvalue weighted by atomic mass is 16.5. The van der Waals surface area contributed by atoms with Gasteiger partial charge in [0, 0.05) is 33.7 Å². The van der Waals surface area contributed by atoms with Gasteiger partial charge >= 0.3 is 5.97 Å². The Hall–Kier alpha value is -1.67. The number of amides is 2. The first-order valence-electron chi connectivity index (χ1n) is 6.28. The van der Waals surface area contributed by atoms with Crippen molar-refractivity contribution in [2.45, 2.75) is 12.5 Å². The Morgan fingerprint density at radius 2 is 2.15 bits per heavy atom. The van der Waals surface area contributed by atoms with Crippen LogP contribution in [-0.2, 0) is 23.9 Å². The van der Waals surface area contributed by atoms with E-state index in [1.54, 1.807) is 4.90 Å². The fourth-order valence-corrected chi connectivity index (χ4v) is 2.00. The molecule has 0 bridgehead atoms. The largest absolute Gasteiger partial charge is 0.480 e. The molecule has 0 aromatic rings.